The van der Waals surface area contributed by atoms with E-state index in [9.17, 15) is 0 Å². The van der Waals surface area contributed by atoms with Gasteiger partial charge in [-0.3, -0.25) is 0 Å². The average molecular weight is 336 g/mol. The van der Waals surface area contributed by atoms with E-state index >= 15 is 0 Å². The number of hydrogen-bond acceptors (Lipinski definition) is 5. The van der Waals surface area contributed by atoms with Crippen molar-refractivity contribution in [2.45, 2.75) is 6.61 Å². The predicted octanol–water partition coefficient (Wildman–Crippen LogP) is 4.20. The average Bonchev–Trinajstić information content (AvgIpc) is 2.98. The highest BCUT2D eigenvalue weighted by Crippen LogP contribution is 2.27. The molecule has 0 amide bonds. The smallest absolute Gasteiger partial charge is 0.264 e. The van der Waals surface area contributed by atoms with Gasteiger partial charge in [0.15, 0.2) is 6.61 Å². The van der Waals surface area contributed by atoms with Crippen molar-refractivity contribution in [3.8, 4) is 17.1 Å². The first kappa shape index (κ1) is 14.7. The summed E-state index contributed by atoms with van der Waals surface area (Å²) in [4.78, 5) is 4.25. The van der Waals surface area contributed by atoms with E-state index in [1.165, 1.54) is 0 Å². The second kappa shape index (κ2) is 6.25. The highest BCUT2D eigenvalue weighted by atomic mass is 35.5. The lowest BCUT2D eigenvalue weighted by Gasteiger charge is -2.05. The molecule has 0 radical (unpaired) electrons. The number of benzene rings is 2. The largest absolute Gasteiger partial charge is 0.482 e. The van der Waals surface area contributed by atoms with Gasteiger partial charge in [-0.2, -0.15) is 4.98 Å². The number of nitrogen functional groups attached to an aromatic ring is 1. The van der Waals surface area contributed by atoms with Gasteiger partial charge >= 0.3 is 0 Å². The van der Waals surface area contributed by atoms with E-state index in [1.54, 1.807) is 30.3 Å². The van der Waals surface area contributed by atoms with Crippen LogP contribution in [0.4, 0.5) is 5.69 Å². The summed E-state index contributed by atoms with van der Waals surface area (Å²) in [5, 5.41) is 4.79. The molecule has 0 aliphatic rings. The SMILES string of the molecule is Nc1ccccc1OCc1nc(-c2ccc(Cl)c(Cl)c2)no1. The Balaban J connectivity index is 1.74. The first-order valence-electron chi connectivity index (χ1n) is 6.39. The van der Waals surface area contributed by atoms with E-state index in [-0.39, 0.29) is 6.61 Å². The Morgan fingerprint density at radius 3 is 2.68 bits per heavy atom. The summed E-state index contributed by atoms with van der Waals surface area (Å²) in [7, 11) is 0. The van der Waals surface area contributed by atoms with Gasteiger partial charge in [-0.15, -0.1) is 0 Å². The first-order valence-corrected chi connectivity index (χ1v) is 7.14. The molecule has 22 heavy (non-hydrogen) atoms. The van der Waals surface area contributed by atoms with E-state index in [4.69, 9.17) is 38.2 Å². The molecule has 3 rings (SSSR count). The fourth-order valence-corrected chi connectivity index (χ4v) is 2.12. The fourth-order valence-electron chi connectivity index (χ4n) is 1.82. The molecule has 5 nitrogen and oxygen atoms in total. The van der Waals surface area contributed by atoms with Gasteiger partial charge in [0, 0.05) is 5.56 Å². The van der Waals surface area contributed by atoms with Crippen LogP contribution in [-0.4, -0.2) is 10.1 Å². The van der Waals surface area contributed by atoms with Crippen molar-refractivity contribution >= 4 is 28.9 Å². The molecule has 2 N–H and O–H groups in total. The molecule has 0 aliphatic carbocycles. The van der Waals surface area contributed by atoms with Crippen LogP contribution in [0.1, 0.15) is 5.89 Å². The number of rotatable bonds is 4. The van der Waals surface area contributed by atoms with Crippen LogP contribution in [0, 0.1) is 0 Å². The van der Waals surface area contributed by atoms with Crippen molar-refractivity contribution < 1.29 is 9.26 Å². The molecule has 7 heteroatoms. The minimum Gasteiger partial charge on any atom is -0.482 e. The standard InChI is InChI=1S/C15H11Cl2N3O2/c16-10-6-5-9(7-11(10)17)15-19-14(22-20-15)8-21-13-4-2-1-3-12(13)18/h1-7H,8,18H2. The third-order valence-corrected chi connectivity index (χ3v) is 3.66. The quantitative estimate of drug-likeness (QED) is 0.723. The maximum absolute atomic E-state index is 5.97. The monoisotopic (exact) mass is 335 g/mol. The highest BCUT2D eigenvalue weighted by Gasteiger charge is 2.11. The zero-order valence-corrected chi connectivity index (χ0v) is 12.8. The molecule has 0 spiro atoms. The van der Waals surface area contributed by atoms with Crippen LogP contribution in [0.2, 0.25) is 10.0 Å². The number of hydrogen-bond donors (Lipinski definition) is 1. The Bertz CT molecular complexity index is 805. The molecule has 0 saturated heterocycles. The number of para-hydroxylation sites is 2. The molecule has 1 aromatic heterocycles. The molecule has 3 aromatic rings. The first-order chi connectivity index (χ1) is 10.6. The van der Waals surface area contributed by atoms with Crippen molar-refractivity contribution in [2.75, 3.05) is 5.73 Å². The molecular formula is C15H11Cl2N3O2. The molecule has 0 bridgehead atoms. The van der Waals surface area contributed by atoms with Gasteiger partial charge < -0.3 is 15.0 Å². The molecule has 1 heterocycles. The summed E-state index contributed by atoms with van der Waals surface area (Å²) in [5.74, 6) is 1.32. The lowest BCUT2D eigenvalue weighted by molar-refractivity contribution is 0.244. The molecule has 112 valence electrons. The minimum absolute atomic E-state index is 0.128. The van der Waals surface area contributed by atoms with Gasteiger partial charge in [0.1, 0.15) is 5.75 Å². The van der Waals surface area contributed by atoms with Crippen LogP contribution < -0.4 is 10.5 Å². The number of halogens is 2. The number of ether oxygens (including phenoxy) is 1. The van der Waals surface area contributed by atoms with Gasteiger partial charge in [-0.05, 0) is 30.3 Å². The maximum atomic E-state index is 5.97. The van der Waals surface area contributed by atoms with Crippen LogP contribution in [0.5, 0.6) is 5.75 Å². The second-order valence-electron chi connectivity index (χ2n) is 4.47. The number of nitrogens with zero attached hydrogens (tertiary/aromatic N) is 2. The molecule has 0 fully saturated rings. The van der Waals surface area contributed by atoms with Crippen LogP contribution >= 0.6 is 23.2 Å². The summed E-state index contributed by atoms with van der Waals surface area (Å²) in [6.45, 7) is 0.128. The summed E-state index contributed by atoms with van der Waals surface area (Å²) in [6, 6.07) is 12.3. The van der Waals surface area contributed by atoms with E-state index in [2.05, 4.69) is 10.1 Å². The topological polar surface area (TPSA) is 74.2 Å². The van der Waals surface area contributed by atoms with Crippen molar-refractivity contribution in [2.24, 2.45) is 0 Å². The fraction of sp³-hybridized carbons (Fsp3) is 0.0667. The Morgan fingerprint density at radius 2 is 1.91 bits per heavy atom. The Kier molecular flexibility index (Phi) is 4.18. The van der Waals surface area contributed by atoms with E-state index in [0.29, 0.717) is 38.8 Å². The third-order valence-electron chi connectivity index (χ3n) is 2.92. The van der Waals surface area contributed by atoms with Crippen molar-refractivity contribution in [1.82, 2.24) is 10.1 Å². The van der Waals surface area contributed by atoms with E-state index in [1.807, 2.05) is 12.1 Å². The normalized spacial score (nSPS) is 10.6. The Labute approximate surface area is 136 Å². The summed E-state index contributed by atoms with van der Waals surface area (Å²) in [6.07, 6.45) is 0. The van der Waals surface area contributed by atoms with Crippen LogP contribution in [0.3, 0.4) is 0 Å². The zero-order chi connectivity index (χ0) is 15.5. The predicted molar refractivity (Wildman–Crippen MR) is 84.9 cm³/mol. The van der Waals surface area contributed by atoms with Crippen molar-refractivity contribution in [3.63, 3.8) is 0 Å². The summed E-state index contributed by atoms with van der Waals surface area (Å²) >= 11 is 11.9. The highest BCUT2D eigenvalue weighted by molar-refractivity contribution is 6.42. The third kappa shape index (κ3) is 3.16. The molecule has 0 unspecified atom stereocenters. The van der Waals surface area contributed by atoms with E-state index < -0.39 is 0 Å². The summed E-state index contributed by atoms with van der Waals surface area (Å²) in [5.41, 5.74) is 7.05. The number of anilines is 1. The van der Waals surface area contributed by atoms with Gasteiger partial charge in [-0.25, -0.2) is 0 Å². The number of nitrogens with two attached hydrogens (primary N) is 1. The van der Waals surface area contributed by atoms with Crippen molar-refractivity contribution in [1.29, 1.82) is 0 Å². The van der Waals surface area contributed by atoms with Gasteiger partial charge in [0.25, 0.3) is 5.89 Å². The van der Waals surface area contributed by atoms with Crippen LogP contribution in [0.25, 0.3) is 11.4 Å². The summed E-state index contributed by atoms with van der Waals surface area (Å²) < 4.78 is 10.7. The van der Waals surface area contributed by atoms with E-state index in [0.717, 1.165) is 0 Å². The van der Waals surface area contributed by atoms with Gasteiger partial charge in [-0.1, -0.05) is 40.5 Å². The molecule has 0 saturated carbocycles. The molecule has 0 atom stereocenters. The van der Waals surface area contributed by atoms with Gasteiger partial charge in [0.05, 0.1) is 15.7 Å². The maximum Gasteiger partial charge on any atom is 0.264 e. The Hall–Kier alpha value is -2.24. The van der Waals surface area contributed by atoms with Crippen LogP contribution in [-0.2, 0) is 6.61 Å². The molecular weight excluding hydrogens is 325 g/mol. The number of aromatic nitrogens is 2. The molecule has 0 aliphatic heterocycles. The minimum atomic E-state index is 0.128. The lowest BCUT2D eigenvalue weighted by atomic mass is 10.2. The van der Waals surface area contributed by atoms with Crippen LogP contribution in [0.15, 0.2) is 47.0 Å². The van der Waals surface area contributed by atoms with Crippen molar-refractivity contribution in [3.05, 3.63) is 58.4 Å². The molecule has 2 aromatic carbocycles. The Morgan fingerprint density at radius 1 is 1.09 bits per heavy atom. The second-order valence-corrected chi connectivity index (χ2v) is 5.28. The lowest BCUT2D eigenvalue weighted by Crippen LogP contribution is -1.98. The van der Waals surface area contributed by atoms with Gasteiger partial charge in [0.2, 0.25) is 5.82 Å². The zero-order valence-electron chi connectivity index (χ0n) is 11.3.